The molecule has 1 aromatic rings. The molecule has 0 bridgehead atoms. The molecule has 0 atom stereocenters. The molecular weight excluding hydrogens is 210 g/mol. The zero-order valence-electron chi connectivity index (χ0n) is 11.6. The molecular formula is C15H23NO. The van der Waals surface area contributed by atoms with Gasteiger partial charge >= 0.3 is 0 Å². The lowest BCUT2D eigenvalue weighted by Gasteiger charge is -2.19. The molecule has 0 saturated carbocycles. The molecule has 0 radical (unpaired) electrons. The minimum absolute atomic E-state index is 0.259. The van der Waals surface area contributed by atoms with Crippen molar-refractivity contribution in [2.45, 2.75) is 33.7 Å². The maximum atomic E-state index is 12.1. The van der Waals surface area contributed by atoms with Crippen molar-refractivity contribution < 1.29 is 4.79 Å². The summed E-state index contributed by atoms with van der Waals surface area (Å²) in [5.41, 5.74) is 2.14. The molecule has 0 aliphatic rings. The van der Waals surface area contributed by atoms with Gasteiger partial charge in [0.1, 0.15) is 5.78 Å². The standard InChI is InChI=1S/C15H23NO/c1-15(2,3)14(17)10-12-8-6-7-9-13(12)11-16(4)5/h6-9H,10-11H2,1-5H3. The summed E-state index contributed by atoms with van der Waals surface area (Å²) in [6, 6.07) is 8.20. The lowest BCUT2D eigenvalue weighted by atomic mass is 9.86. The normalized spacial score (nSPS) is 11.9. The van der Waals surface area contributed by atoms with E-state index < -0.39 is 0 Å². The third-order valence-electron chi connectivity index (χ3n) is 2.79. The summed E-state index contributed by atoms with van der Waals surface area (Å²) in [5, 5.41) is 0. The van der Waals surface area contributed by atoms with Crippen LogP contribution in [0.15, 0.2) is 24.3 Å². The molecule has 0 aromatic heterocycles. The number of rotatable bonds is 4. The summed E-state index contributed by atoms with van der Waals surface area (Å²) in [6.45, 7) is 6.81. The molecule has 0 N–H and O–H groups in total. The van der Waals surface area contributed by atoms with Crippen molar-refractivity contribution in [3.05, 3.63) is 35.4 Å². The van der Waals surface area contributed by atoms with Crippen molar-refractivity contribution in [3.8, 4) is 0 Å². The molecule has 0 amide bonds. The van der Waals surface area contributed by atoms with Crippen LogP contribution in [-0.2, 0) is 17.8 Å². The minimum atomic E-state index is -0.259. The van der Waals surface area contributed by atoms with Crippen molar-refractivity contribution in [2.24, 2.45) is 5.41 Å². The van der Waals surface area contributed by atoms with E-state index in [-0.39, 0.29) is 5.41 Å². The smallest absolute Gasteiger partial charge is 0.142 e. The Balaban J connectivity index is 2.87. The fourth-order valence-electron chi connectivity index (χ4n) is 1.66. The third kappa shape index (κ3) is 4.31. The van der Waals surface area contributed by atoms with Crippen LogP contribution in [0.25, 0.3) is 0 Å². The molecule has 1 aromatic carbocycles. The zero-order valence-corrected chi connectivity index (χ0v) is 11.6. The van der Waals surface area contributed by atoms with E-state index >= 15 is 0 Å². The van der Waals surface area contributed by atoms with E-state index in [2.05, 4.69) is 17.0 Å². The van der Waals surface area contributed by atoms with Gasteiger partial charge in [0.15, 0.2) is 0 Å². The Hall–Kier alpha value is -1.15. The van der Waals surface area contributed by atoms with Gasteiger partial charge < -0.3 is 4.90 Å². The van der Waals surface area contributed by atoms with Gasteiger partial charge in [-0.05, 0) is 25.2 Å². The Morgan fingerprint density at radius 2 is 1.65 bits per heavy atom. The van der Waals surface area contributed by atoms with Crippen LogP contribution in [0, 0.1) is 5.41 Å². The predicted octanol–water partition coefficient (Wildman–Crippen LogP) is 2.91. The van der Waals surface area contributed by atoms with Crippen molar-refractivity contribution in [1.29, 1.82) is 0 Å². The maximum absolute atomic E-state index is 12.1. The molecule has 17 heavy (non-hydrogen) atoms. The second kappa shape index (κ2) is 5.46. The molecule has 0 heterocycles. The van der Waals surface area contributed by atoms with Crippen molar-refractivity contribution in [3.63, 3.8) is 0 Å². The molecule has 0 aliphatic carbocycles. The first kappa shape index (κ1) is 13.9. The van der Waals surface area contributed by atoms with Crippen LogP contribution in [0.1, 0.15) is 31.9 Å². The van der Waals surface area contributed by atoms with Crippen molar-refractivity contribution >= 4 is 5.78 Å². The number of hydrogen-bond donors (Lipinski definition) is 0. The molecule has 0 aliphatic heterocycles. The Bertz CT molecular complexity index is 388. The first-order valence-corrected chi connectivity index (χ1v) is 6.05. The molecule has 1 rings (SSSR count). The number of Topliss-reactive ketones (excluding diaryl/α,β-unsaturated/α-hetero) is 1. The van der Waals surface area contributed by atoms with Gasteiger partial charge in [0.2, 0.25) is 0 Å². The largest absolute Gasteiger partial charge is 0.305 e. The Morgan fingerprint density at radius 3 is 2.12 bits per heavy atom. The fourth-order valence-corrected chi connectivity index (χ4v) is 1.66. The number of hydrogen-bond acceptors (Lipinski definition) is 2. The van der Waals surface area contributed by atoms with Crippen molar-refractivity contribution in [1.82, 2.24) is 4.90 Å². The summed E-state index contributed by atoms with van der Waals surface area (Å²) in [5.74, 6) is 0.295. The molecule has 0 spiro atoms. The van der Waals surface area contributed by atoms with Crippen LogP contribution >= 0.6 is 0 Å². The predicted molar refractivity (Wildman–Crippen MR) is 72.0 cm³/mol. The van der Waals surface area contributed by atoms with Crippen LogP contribution in [0.3, 0.4) is 0 Å². The number of ketones is 1. The van der Waals surface area contributed by atoms with E-state index in [4.69, 9.17) is 0 Å². The van der Waals surface area contributed by atoms with Gasteiger partial charge in [-0.3, -0.25) is 4.79 Å². The highest BCUT2D eigenvalue weighted by Crippen LogP contribution is 2.20. The molecule has 2 nitrogen and oxygen atoms in total. The number of nitrogens with zero attached hydrogens (tertiary/aromatic N) is 1. The lowest BCUT2D eigenvalue weighted by Crippen LogP contribution is -2.23. The van der Waals surface area contributed by atoms with Crippen LogP contribution in [0.4, 0.5) is 0 Å². The summed E-state index contributed by atoms with van der Waals surface area (Å²) < 4.78 is 0. The third-order valence-corrected chi connectivity index (χ3v) is 2.79. The molecule has 94 valence electrons. The molecule has 0 unspecified atom stereocenters. The molecule has 0 fully saturated rings. The average molecular weight is 233 g/mol. The maximum Gasteiger partial charge on any atom is 0.142 e. The van der Waals surface area contributed by atoms with Crippen LogP contribution in [-0.4, -0.2) is 24.8 Å². The minimum Gasteiger partial charge on any atom is -0.305 e. The van der Waals surface area contributed by atoms with Gasteiger partial charge in [-0.25, -0.2) is 0 Å². The number of carbonyl (C=O) groups excluding carboxylic acids is 1. The second-order valence-corrected chi connectivity index (χ2v) is 5.86. The van der Waals surface area contributed by atoms with Gasteiger partial charge in [-0.15, -0.1) is 0 Å². The summed E-state index contributed by atoms with van der Waals surface area (Å²) in [4.78, 5) is 14.2. The highest BCUT2D eigenvalue weighted by molar-refractivity contribution is 5.85. The second-order valence-electron chi connectivity index (χ2n) is 5.86. The van der Waals surface area contributed by atoms with E-state index in [1.165, 1.54) is 5.56 Å². The highest BCUT2D eigenvalue weighted by atomic mass is 16.1. The average Bonchev–Trinajstić information content (AvgIpc) is 2.18. The molecule has 2 heteroatoms. The summed E-state index contributed by atoms with van der Waals surface area (Å²) >= 11 is 0. The Labute approximate surface area is 105 Å². The number of carbonyl (C=O) groups is 1. The van der Waals surface area contributed by atoms with Crippen molar-refractivity contribution in [2.75, 3.05) is 14.1 Å². The number of benzene rings is 1. The van der Waals surface area contributed by atoms with Gasteiger partial charge in [-0.2, -0.15) is 0 Å². The van der Waals surface area contributed by atoms with E-state index in [0.717, 1.165) is 12.1 Å². The highest BCUT2D eigenvalue weighted by Gasteiger charge is 2.21. The Morgan fingerprint density at radius 1 is 1.12 bits per heavy atom. The van der Waals surface area contributed by atoms with Crippen LogP contribution in [0.5, 0.6) is 0 Å². The van der Waals surface area contributed by atoms with Crippen LogP contribution < -0.4 is 0 Å². The quantitative estimate of drug-likeness (QED) is 0.797. The first-order chi connectivity index (χ1) is 7.80. The van der Waals surface area contributed by atoms with E-state index in [1.54, 1.807) is 0 Å². The van der Waals surface area contributed by atoms with Gasteiger partial charge in [0.05, 0.1) is 0 Å². The van der Waals surface area contributed by atoms with Gasteiger partial charge in [0.25, 0.3) is 0 Å². The topological polar surface area (TPSA) is 20.3 Å². The SMILES string of the molecule is CN(C)Cc1ccccc1CC(=O)C(C)(C)C. The zero-order chi connectivity index (χ0) is 13.1. The van der Waals surface area contributed by atoms with Crippen LogP contribution in [0.2, 0.25) is 0 Å². The van der Waals surface area contributed by atoms with E-state index in [9.17, 15) is 4.79 Å². The van der Waals surface area contributed by atoms with Gasteiger partial charge in [0, 0.05) is 18.4 Å². The van der Waals surface area contributed by atoms with E-state index in [1.807, 2.05) is 47.0 Å². The monoisotopic (exact) mass is 233 g/mol. The van der Waals surface area contributed by atoms with Gasteiger partial charge in [-0.1, -0.05) is 45.0 Å². The summed E-state index contributed by atoms with van der Waals surface area (Å²) in [7, 11) is 4.09. The Kier molecular flexibility index (Phi) is 4.47. The van der Waals surface area contributed by atoms with E-state index in [0.29, 0.717) is 12.2 Å². The molecule has 0 saturated heterocycles. The fraction of sp³-hybridized carbons (Fsp3) is 0.533. The lowest BCUT2D eigenvalue weighted by molar-refractivity contribution is -0.125. The first-order valence-electron chi connectivity index (χ1n) is 6.05. The summed E-state index contributed by atoms with van der Waals surface area (Å²) in [6.07, 6.45) is 0.535.